The van der Waals surface area contributed by atoms with Crippen molar-refractivity contribution in [2.75, 3.05) is 31.4 Å². The van der Waals surface area contributed by atoms with Crippen molar-refractivity contribution in [3.63, 3.8) is 0 Å². The first-order valence-electron chi connectivity index (χ1n) is 9.25. The molecule has 2 aromatic carbocycles. The summed E-state index contributed by atoms with van der Waals surface area (Å²) in [5.74, 6) is -0.417. The Morgan fingerprint density at radius 2 is 1.48 bits per heavy atom. The van der Waals surface area contributed by atoms with Gasteiger partial charge in [0.05, 0.1) is 37.0 Å². The number of ether oxygens (including phenoxy) is 2. The standard InChI is InChI=1S/C22H21N3O5S/c1-29-17-12-16(25-21(27)14-7-4-3-5-8-14)18(30-2)11-15(17)24-20(26)13-23-22(28)19-9-6-10-31-19/h3-12H,13H2,1-2H3,(H,23,28)(H,24,26)(H,25,27). The molecule has 0 spiro atoms. The van der Waals surface area contributed by atoms with Crippen LogP contribution in [0.2, 0.25) is 0 Å². The third-order valence-electron chi connectivity index (χ3n) is 4.23. The van der Waals surface area contributed by atoms with Crippen LogP contribution in [0.15, 0.2) is 60.0 Å². The molecule has 0 saturated heterocycles. The Morgan fingerprint density at radius 1 is 0.839 bits per heavy atom. The summed E-state index contributed by atoms with van der Waals surface area (Å²) in [6, 6.07) is 15.3. The molecule has 3 aromatic rings. The molecule has 31 heavy (non-hydrogen) atoms. The Labute approximate surface area is 183 Å². The normalized spacial score (nSPS) is 10.1. The number of carbonyl (C=O) groups excluding carboxylic acids is 3. The maximum Gasteiger partial charge on any atom is 0.261 e. The molecule has 3 amide bonds. The summed E-state index contributed by atoms with van der Waals surface area (Å²) < 4.78 is 10.7. The van der Waals surface area contributed by atoms with Gasteiger partial charge in [-0.15, -0.1) is 11.3 Å². The monoisotopic (exact) mass is 439 g/mol. The summed E-state index contributed by atoms with van der Waals surface area (Å²) in [6.45, 7) is -0.214. The highest BCUT2D eigenvalue weighted by atomic mass is 32.1. The van der Waals surface area contributed by atoms with Crippen LogP contribution in [0.3, 0.4) is 0 Å². The molecular formula is C22H21N3O5S. The quantitative estimate of drug-likeness (QED) is 0.499. The summed E-state index contributed by atoms with van der Waals surface area (Å²) >= 11 is 1.29. The van der Waals surface area contributed by atoms with E-state index < -0.39 is 5.91 Å². The van der Waals surface area contributed by atoms with Crippen LogP contribution >= 0.6 is 11.3 Å². The van der Waals surface area contributed by atoms with Gasteiger partial charge >= 0.3 is 0 Å². The highest BCUT2D eigenvalue weighted by molar-refractivity contribution is 7.12. The molecule has 1 heterocycles. The lowest BCUT2D eigenvalue weighted by molar-refractivity contribution is -0.115. The molecule has 0 atom stereocenters. The molecule has 0 saturated carbocycles. The van der Waals surface area contributed by atoms with Gasteiger partial charge in [0.25, 0.3) is 11.8 Å². The minimum atomic E-state index is -0.439. The van der Waals surface area contributed by atoms with Crippen LogP contribution in [0.5, 0.6) is 11.5 Å². The summed E-state index contributed by atoms with van der Waals surface area (Å²) in [7, 11) is 2.89. The van der Waals surface area contributed by atoms with E-state index in [9.17, 15) is 14.4 Å². The predicted octanol–water partition coefficient (Wildman–Crippen LogP) is 3.39. The highest BCUT2D eigenvalue weighted by Crippen LogP contribution is 2.36. The van der Waals surface area contributed by atoms with E-state index in [0.717, 1.165) is 0 Å². The molecule has 160 valence electrons. The molecule has 1 aromatic heterocycles. The van der Waals surface area contributed by atoms with Gasteiger partial charge in [0.1, 0.15) is 11.5 Å². The second-order valence-electron chi connectivity index (χ2n) is 6.28. The summed E-state index contributed by atoms with van der Waals surface area (Å²) in [6.07, 6.45) is 0. The SMILES string of the molecule is COc1cc(NC(=O)c2ccccc2)c(OC)cc1NC(=O)CNC(=O)c1cccs1. The Hall–Kier alpha value is -3.85. The average molecular weight is 439 g/mol. The topological polar surface area (TPSA) is 106 Å². The molecule has 0 unspecified atom stereocenters. The van der Waals surface area contributed by atoms with Crippen molar-refractivity contribution in [1.29, 1.82) is 0 Å². The van der Waals surface area contributed by atoms with E-state index in [-0.39, 0.29) is 18.4 Å². The maximum atomic E-state index is 12.5. The van der Waals surface area contributed by atoms with Crippen LogP contribution in [0.1, 0.15) is 20.0 Å². The number of benzene rings is 2. The van der Waals surface area contributed by atoms with E-state index >= 15 is 0 Å². The van der Waals surface area contributed by atoms with Crippen molar-refractivity contribution in [3.8, 4) is 11.5 Å². The Balaban J connectivity index is 1.71. The number of methoxy groups -OCH3 is 2. The predicted molar refractivity (Wildman–Crippen MR) is 119 cm³/mol. The maximum absolute atomic E-state index is 12.5. The van der Waals surface area contributed by atoms with Crippen LogP contribution in [-0.4, -0.2) is 38.5 Å². The van der Waals surface area contributed by atoms with Crippen molar-refractivity contribution < 1.29 is 23.9 Å². The molecule has 0 aliphatic heterocycles. The first-order chi connectivity index (χ1) is 15.0. The van der Waals surface area contributed by atoms with Crippen LogP contribution in [0, 0.1) is 0 Å². The van der Waals surface area contributed by atoms with E-state index in [1.165, 1.54) is 25.6 Å². The van der Waals surface area contributed by atoms with Gasteiger partial charge in [0.2, 0.25) is 5.91 Å². The van der Waals surface area contributed by atoms with E-state index in [1.54, 1.807) is 53.9 Å². The molecule has 0 bridgehead atoms. The highest BCUT2D eigenvalue weighted by Gasteiger charge is 2.17. The van der Waals surface area contributed by atoms with E-state index in [4.69, 9.17) is 9.47 Å². The number of hydrogen-bond acceptors (Lipinski definition) is 6. The van der Waals surface area contributed by atoms with Gasteiger partial charge in [0, 0.05) is 17.7 Å². The summed E-state index contributed by atoms with van der Waals surface area (Å²) in [5.41, 5.74) is 1.21. The first kappa shape index (κ1) is 21.8. The van der Waals surface area contributed by atoms with Gasteiger partial charge in [-0.25, -0.2) is 0 Å². The molecule has 0 aliphatic rings. The van der Waals surface area contributed by atoms with Gasteiger partial charge in [-0.05, 0) is 23.6 Å². The van der Waals surface area contributed by atoms with Crippen molar-refractivity contribution in [3.05, 3.63) is 70.4 Å². The average Bonchev–Trinajstić information content (AvgIpc) is 3.33. The molecule has 9 heteroatoms. The number of rotatable bonds is 8. The van der Waals surface area contributed by atoms with Gasteiger partial charge in [0.15, 0.2) is 0 Å². The number of amides is 3. The second kappa shape index (κ2) is 10.3. The first-order valence-corrected chi connectivity index (χ1v) is 10.1. The van der Waals surface area contributed by atoms with Gasteiger partial charge in [-0.2, -0.15) is 0 Å². The van der Waals surface area contributed by atoms with Crippen molar-refractivity contribution >= 4 is 40.4 Å². The zero-order valence-electron chi connectivity index (χ0n) is 16.9. The number of nitrogens with one attached hydrogen (secondary N) is 3. The Bertz CT molecular complexity index is 1070. The van der Waals surface area contributed by atoms with E-state index in [0.29, 0.717) is 33.3 Å². The fourth-order valence-corrected chi connectivity index (χ4v) is 3.37. The molecule has 8 nitrogen and oxygen atoms in total. The van der Waals surface area contributed by atoms with Crippen LogP contribution < -0.4 is 25.4 Å². The van der Waals surface area contributed by atoms with Crippen LogP contribution in [0.4, 0.5) is 11.4 Å². The molecule has 3 rings (SSSR count). The smallest absolute Gasteiger partial charge is 0.261 e. The molecular weight excluding hydrogens is 418 g/mol. The third kappa shape index (κ3) is 5.61. The lowest BCUT2D eigenvalue weighted by Crippen LogP contribution is -2.32. The lowest BCUT2D eigenvalue weighted by Gasteiger charge is -2.16. The van der Waals surface area contributed by atoms with Crippen LogP contribution in [0.25, 0.3) is 0 Å². The van der Waals surface area contributed by atoms with Gasteiger partial charge in [-0.3, -0.25) is 14.4 Å². The third-order valence-corrected chi connectivity index (χ3v) is 5.10. The molecule has 0 aliphatic carbocycles. The van der Waals surface area contributed by atoms with Crippen LogP contribution in [-0.2, 0) is 4.79 Å². The second-order valence-corrected chi connectivity index (χ2v) is 7.23. The van der Waals surface area contributed by atoms with Gasteiger partial charge < -0.3 is 25.4 Å². The van der Waals surface area contributed by atoms with Crippen molar-refractivity contribution in [1.82, 2.24) is 5.32 Å². The van der Waals surface area contributed by atoms with Crippen molar-refractivity contribution in [2.24, 2.45) is 0 Å². The minimum absolute atomic E-state index is 0.214. The van der Waals surface area contributed by atoms with E-state index in [1.807, 2.05) is 6.07 Å². The number of hydrogen-bond donors (Lipinski definition) is 3. The molecule has 0 radical (unpaired) electrons. The number of anilines is 2. The number of carbonyl (C=O) groups is 3. The Kier molecular flexibility index (Phi) is 7.23. The molecule has 0 fully saturated rings. The fraction of sp³-hybridized carbons (Fsp3) is 0.136. The summed E-state index contributed by atoms with van der Waals surface area (Å²) in [5, 5.41) is 9.80. The minimum Gasteiger partial charge on any atom is -0.494 e. The summed E-state index contributed by atoms with van der Waals surface area (Å²) in [4.78, 5) is 37.3. The zero-order valence-corrected chi connectivity index (χ0v) is 17.7. The lowest BCUT2D eigenvalue weighted by atomic mass is 10.2. The largest absolute Gasteiger partial charge is 0.494 e. The molecule has 3 N–H and O–H groups in total. The van der Waals surface area contributed by atoms with Crippen molar-refractivity contribution in [2.45, 2.75) is 0 Å². The zero-order chi connectivity index (χ0) is 22.2. The fourth-order valence-electron chi connectivity index (χ4n) is 2.73. The Morgan fingerprint density at radius 3 is 2.06 bits per heavy atom. The van der Waals surface area contributed by atoms with Gasteiger partial charge in [-0.1, -0.05) is 24.3 Å². The van der Waals surface area contributed by atoms with E-state index in [2.05, 4.69) is 16.0 Å². The number of thiophene rings is 1.